The molecule has 0 amide bonds. The molecule has 0 aromatic carbocycles. The maximum atomic E-state index is 12.7. The lowest BCUT2D eigenvalue weighted by molar-refractivity contribution is 0.146. The molecule has 0 aliphatic carbocycles. The fourth-order valence-electron chi connectivity index (χ4n) is 1.86. The first-order valence-electron chi connectivity index (χ1n) is 5.26. The van der Waals surface area contributed by atoms with Gasteiger partial charge in [-0.05, 0) is 6.92 Å². The monoisotopic (exact) mass is 228 g/mol. The van der Waals surface area contributed by atoms with Crippen LogP contribution in [0.5, 0.6) is 0 Å². The van der Waals surface area contributed by atoms with E-state index in [9.17, 15) is 8.78 Å². The van der Waals surface area contributed by atoms with Gasteiger partial charge >= 0.3 is 0 Å². The molecule has 6 heteroatoms. The van der Waals surface area contributed by atoms with E-state index in [0.29, 0.717) is 18.9 Å². The van der Waals surface area contributed by atoms with Crippen molar-refractivity contribution in [1.29, 1.82) is 0 Å². The molecule has 0 spiro atoms. The minimum absolute atomic E-state index is 0.225. The first-order valence-corrected chi connectivity index (χ1v) is 5.26. The molecular formula is C10H14F2N4. The molecule has 2 heterocycles. The Morgan fingerprint density at radius 2 is 2.19 bits per heavy atom. The van der Waals surface area contributed by atoms with Crippen LogP contribution in [-0.4, -0.2) is 35.6 Å². The molecule has 1 atom stereocenters. The molecule has 0 saturated carbocycles. The van der Waals surface area contributed by atoms with Gasteiger partial charge in [-0.2, -0.15) is 0 Å². The number of alkyl halides is 2. The summed E-state index contributed by atoms with van der Waals surface area (Å²) in [7, 11) is 0. The third-order valence-electron chi connectivity index (χ3n) is 2.58. The number of aromatic nitrogens is 2. The Balaban J connectivity index is 2.25. The summed E-state index contributed by atoms with van der Waals surface area (Å²) < 4.78 is 25.5. The number of rotatable bonds is 2. The van der Waals surface area contributed by atoms with Gasteiger partial charge in [-0.15, -0.1) is 0 Å². The SMILES string of the molecule is CC1CN(c2nccnc2C(F)F)CCN1. The van der Waals surface area contributed by atoms with Gasteiger partial charge < -0.3 is 10.2 Å². The molecule has 1 aliphatic rings. The first kappa shape index (κ1) is 11.2. The van der Waals surface area contributed by atoms with Crippen molar-refractivity contribution in [3.8, 4) is 0 Å². The highest BCUT2D eigenvalue weighted by atomic mass is 19.3. The maximum absolute atomic E-state index is 12.7. The van der Waals surface area contributed by atoms with Gasteiger partial charge in [-0.25, -0.2) is 18.7 Å². The summed E-state index contributed by atoms with van der Waals surface area (Å²) >= 11 is 0. The maximum Gasteiger partial charge on any atom is 0.284 e. The molecule has 1 fully saturated rings. The highest BCUT2D eigenvalue weighted by Gasteiger charge is 2.23. The van der Waals surface area contributed by atoms with Crippen LogP contribution in [0.15, 0.2) is 12.4 Å². The Morgan fingerprint density at radius 1 is 1.44 bits per heavy atom. The van der Waals surface area contributed by atoms with Crippen LogP contribution >= 0.6 is 0 Å². The molecule has 0 bridgehead atoms. The van der Waals surface area contributed by atoms with Gasteiger partial charge in [0.05, 0.1) is 0 Å². The van der Waals surface area contributed by atoms with Crippen molar-refractivity contribution in [2.75, 3.05) is 24.5 Å². The second-order valence-electron chi connectivity index (χ2n) is 3.87. The Hall–Kier alpha value is -1.30. The number of hydrogen-bond donors (Lipinski definition) is 1. The summed E-state index contributed by atoms with van der Waals surface area (Å²) in [5.74, 6) is 0.311. The molecule has 1 N–H and O–H groups in total. The summed E-state index contributed by atoms with van der Waals surface area (Å²) in [6.45, 7) is 4.16. The van der Waals surface area contributed by atoms with Gasteiger partial charge in [0, 0.05) is 38.1 Å². The average molecular weight is 228 g/mol. The van der Waals surface area contributed by atoms with Crippen LogP contribution in [-0.2, 0) is 0 Å². The van der Waals surface area contributed by atoms with Crippen LogP contribution in [0.3, 0.4) is 0 Å². The van der Waals surface area contributed by atoms with Gasteiger partial charge in [0.25, 0.3) is 6.43 Å². The Morgan fingerprint density at radius 3 is 2.88 bits per heavy atom. The van der Waals surface area contributed by atoms with E-state index in [4.69, 9.17) is 0 Å². The molecule has 88 valence electrons. The number of anilines is 1. The lowest BCUT2D eigenvalue weighted by Gasteiger charge is -2.33. The van der Waals surface area contributed by atoms with Crippen LogP contribution in [0.1, 0.15) is 19.0 Å². The van der Waals surface area contributed by atoms with Gasteiger partial charge in [-0.3, -0.25) is 0 Å². The van der Waals surface area contributed by atoms with Crippen molar-refractivity contribution < 1.29 is 8.78 Å². The van der Waals surface area contributed by atoms with Crippen molar-refractivity contribution >= 4 is 5.82 Å². The number of nitrogens with one attached hydrogen (secondary N) is 1. The normalized spacial score (nSPS) is 21.5. The molecule has 1 aromatic rings. The quantitative estimate of drug-likeness (QED) is 0.826. The van der Waals surface area contributed by atoms with Crippen molar-refractivity contribution in [2.45, 2.75) is 19.4 Å². The predicted molar refractivity (Wildman–Crippen MR) is 56.7 cm³/mol. The second kappa shape index (κ2) is 4.69. The van der Waals surface area contributed by atoms with Gasteiger partial charge in [0.1, 0.15) is 5.69 Å². The highest BCUT2D eigenvalue weighted by molar-refractivity contribution is 5.44. The number of hydrogen-bond acceptors (Lipinski definition) is 4. The Kier molecular flexibility index (Phi) is 3.28. The van der Waals surface area contributed by atoms with E-state index in [0.717, 1.165) is 6.54 Å². The lowest BCUT2D eigenvalue weighted by Crippen LogP contribution is -2.49. The van der Waals surface area contributed by atoms with E-state index < -0.39 is 6.43 Å². The van der Waals surface area contributed by atoms with Gasteiger partial charge in [0.2, 0.25) is 0 Å². The second-order valence-corrected chi connectivity index (χ2v) is 3.87. The van der Waals surface area contributed by atoms with Crippen LogP contribution < -0.4 is 10.2 Å². The molecule has 1 aromatic heterocycles. The minimum Gasteiger partial charge on any atom is -0.352 e. The number of piperazine rings is 1. The first-order chi connectivity index (χ1) is 7.68. The summed E-state index contributed by atoms with van der Waals surface area (Å²) in [6.07, 6.45) is 0.179. The number of halogens is 2. The summed E-state index contributed by atoms with van der Waals surface area (Å²) in [6, 6.07) is 0.279. The van der Waals surface area contributed by atoms with Gasteiger partial charge in [0.15, 0.2) is 5.82 Å². The van der Waals surface area contributed by atoms with Crippen molar-refractivity contribution in [3.05, 3.63) is 18.1 Å². The third-order valence-corrected chi connectivity index (χ3v) is 2.58. The van der Waals surface area contributed by atoms with E-state index in [-0.39, 0.29) is 11.7 Å². The van der Waals surface area contributed by atoms with Crippen molar-refractivity contribution in [2.24, 2.45) is 0 Å². The Bertz CT molecular complexity index is 358. The van der Waals surface area contributed by atoms with Crippen LogP contribution in [0.4, 0.5) is 14.6 Å². The smallest absolute Gasteiger partial charge is 0.284 e. The third kappa shape index (κ3) is 2.27. The van der Waals surface area contributed by atoms with Crippen LogP contribution in [0, 0.1) is 0 Å². The predicted octanol–water partition coefficient (Wildman–Crippen LogP) is 1.21. The van der Waals surface area contributed by atoms with Gasteiger partial charge in [-0.1, -0.05) is 0 Å². The molecule has 1 unspecified atom stereocenters. The fourth-order valence-corrected chi connectivity index (χ4v) is 1.86. The van der Waals surface area contributed by atoms with Crippen LogP contribution in [0.2, 0.25) is 0 Å². The zero-order valence-electron chi connectivity index (χ0n) is 9.03. The van der Waals surface area contributed by atoms with E-state index in [1.54, 1.807) is 0 Å². The standard InChI is InChI=1S/C10H14F2N4/c1-7-6-16(5-4-13-7)10-8(9(11)12)14-2-3-15-10/h2-3,7,9,13H,4-6H2,1H3. The van der Waals surface area contributed by atoms with Crippen molar-refractivity contribution in [1.82, 2.24) is 15.3 Å². The minimum atomic E-state index is -2.58. The molecule has 0 radical (unpaired) electrons. The molecule has 1 saturated heterocycles. The summed E-state index contributed by atoms with van der Waals surface area (Å²) in [5.41, 5.74) is -0.225. The molecule has 4 nitrogen and oxygen atoms in total. The summed E-state index contributed by atoms with van der Waals surface area (Å²) in [5, 5.41) is 3.25. The fraction of sp³-hybridized carbons (Fsp3) is 0.600. The average Bonchev–Trinajstić information content (AvgIpc) is 2.29. The van der Waals surface area contributed by atoms with Crippen LogP contribution in [0.25, 0.3) is 0 Å². The van der Waals surface area contributed by atoms with E-state index in [2.05, 4.69) is 15.3 Å². The topological polar surface area (TPSA) is 41.1 Å². The largest absolute Gasteiger partial charge is 0.352 e. The lowest BCUT2D eigenvalue weighted by atomic mass is 10.2. The Labute approximate surface area is 92.7 Å². The number of nitrogens with zero attached hydrogens (tertiary/aromatic N) is 3. The van der Waals surface area contributed by atoms with Crippen molar-refractivity contribution in [3.63, 3.8) is 0 Å². The van der Waals surface area contributed by atoms with E-state index >= 15 is 0 Å². The van der Waals surface area contributed by atoms with E-state index in [1.165, 1.54) is 12.4 Å². The summed E-state index contributed by atoms with van der Waals surface area (Å²) in [4.78, 5) is 9.57. The molecule has 16 heavy (non-hydrogen) atoms. The zero-order valence-corrected chi connectivity index (χ0v) is 9.03. The van der Waals surface area contributed by atoms with E-state index in [1.807, 2.05) is 11.8 Å². The molecule has 1 aliphatic heterocycles. The molecular weight excluding hydrogens is 214 g/mol. The highest BCUT2D eigenvalue weighted by Crippen LogP contribution is 2.25. The zero-order chi connectivity index (χ0) is 11.5. The molecule has 2 rings (SSSR count).